The molecule has 180 valence electrons. The Kier molecular flexibility index (Phi) is 7.97. The lowest BCUT2D eigenvalue weighted by Crippen LogP contribution is -2.38. The number of nitrogens with one attached hydrogen (secondary N) is 1. The number of anilines is 2. The Hall–Kier alpha value is -2.94. The Morgan fingerprint density at radius 1 is 0.912 bits per heavy atom. The molecule has 0 saturated heterocycles. The van der Waals surface area contributed by atoms with E-state index in [2.05, 4.69) is 5.32 Å². The summed E-state index contributed by atoms with van der Waals surface area (Å²) in [5.41, 5.74) is 2.22. The minimum Gasteiger partial charge on any atom is -0.495 e. The lowest BCUT2D eigenvalue weighted by Gasteiger charge is -2.25. The second-order valence-electron chi connectivity index (χ2n) is 7.49. The van der Waals surface area contributed by atoms with E-state index in [1.165, 1.54) is 44.6 Å². The van der Waals surface area contributed by atoms with Crippen molar-refractivity contribution in [2.45, 2.75) is 18.7 Å². The van der Waals surface area contributed by atoms with Crippen LogP contribution in [0, 0.1) is 13.8 Å². The summed E-state index contributed by atoms with van der Waals surface area (Å²) in [4.78, 5) is 13.1. The van der Waals surface area contributed by atoms with Crippen molar-refractivity contribution in [3.8, 4) is 11.5 Å². The van der Waals surface area contributed by atoms with Gasteiger partial charge in [-0.05, 0) is 43.7 Å². The van der Waals surface area contributed by atoms with Gasteiger partial charge in [0.2, 0.25) is 5.91 Å². The monoisotopic (exact) mass is 522 g/mol. The van der Waals surface area contributed by atoms with Crippen LogP contribution in [0.4, 0.5) is 11.4 Å². The van der Waals surface area contributed by atoms with E-state index in [4.69, 9.17) is 32.7 Å². The van der Waals surface area contributed by atoms with Crippen molar-refractivity contribution in [1.29, 1.82) is 0 Å². The number of hydrogen-bond acceptors (Lipinski definition) is 5. The number of carbonyl (C=O) groups excluding carboxylic acids is 1. The SMILES string of the molecule is COc1cc(NC(=O)CN(c2ccc(C)c(Cl)c2)S(=O)(=O)c2ccc(C)cc2)c(OC)cc1Cl. The predicted octanol–water partition coefficient (Wildman–Crippen LogP) is 5.46. The Bertz CT molecular complexity index is 1310. The van der Waals surface area contributed by atoms with Crippen LogP contribution in [0.3, 0.4) is 0 Å². The smallest absolute Gasteiger partial charge is 0.264 e. The normalized spacial score (nSPS) is 11.1. The molecule has 0 aromatic heterocycles. The average molecular weight is 523 g/mol. The molecular formula is C24H24Cl2N2O5S. The molecule has 3 aromatic carbocycles. The minimum absolute atomic E-state index is 0.0494. The number of methoxy groups -OCH3 is 2. The van der Waals surface area contributed by atoms with Gasteiger partial charge in [-0.15, -0.1) is 0 Å². The van der Waals surface area contributed by atoms with E-state index >= 15 is 0 Å². The fourth-order valence-corrected chi connectivity index (χ4v) is 4.99. The summed E-state index contributed by atoms with van der Waals surface area (Å²) in [5, 5.41) is 3.36. The van der Waals surface area contributed by atoms with E-state index < -0.39 is 22.5 Å². The van der Waals surface area contributed by atoms with Crippen LogP contribution in [-0.4, -0.2) is 35.1 Å². The maximum Gasteiger partial charge on any atom is 0.264 e. The van der Waals surface area contributed by atoms with Crippen LogP contribution in [0.25, 0.3) is 0 Å². The second-order valence-corrected chi connectivity index (χ2v) is 10.2. The molecule has 0 unspecified atom stereocenters. The van der Waals surface area contributed by atoms with Crippen molar-refractivity contribution in [2.24, 2.45) is 0 Å². The van der Waals surface area contributed by atoms with Gasteiger partial charge in [0.1, 0.15) is 18.0 Å². The van der Waals surface area contributed by atoms with Crippen LogP contribution in [0.5, 0.6) is 11.5 Å². The molecule has 0 aliphatic rings. The van der Waals surface area contributed by atoms with Crippen molar-refractivity contribution in [2.75, 3.05) is 30.4 Å². The molecule has 0 radical (unpaired) electrons. The van der Waals surface area contributed by atoms with Crippen LogP contribution in [0.15, 0.2) is 59.5 Å². The summed E-state index contributed by atoms with van der Waals surface area (Å²) in [7, 11) is -1.22. The largest absolute Gasteiger partial charge is 0.495 e. The topological polar surface area (TPSA) is 84.9 Å². The van der Waals surface area contributed by atoms with E-state index in [1.807, 2.05) is 6.92 Å². The first kappa shape index (κ1) is 25.7. The van der Waals surface area contributed by atoms with Gasteiger partial charge >= 0.3 is 0 Å². The highest BCUT2D eigenvalue weighted by Crippen LogP contribution is 2.36. The molecule has 10 heteroatoms. The fourth-order valence-electron chi connectivity index (χ4n) is 3.17. The van der Waals surface area contributed by atoms with Gasteiger partial charge in [0.05, 0.1) is 35.5 Å². The highest BCUT2D eigenvalue weighted by atomic mass is 35.5. The molecule has 0 aliphatic heterocycles. The highest BCUT2D eigenvalue weighted by molar-refractivity contribution is 7.92. The zero-order valence-electron chi connectivity index (χ0n) is 19.1. The fraction of sp³-hybridized carbons (Fsp3) is 0.208. The molecule has 0 saturated carbocycles. The second kappa shape index (κ2) is 10.5. The maximum atomic E-state index is 13.5. The lowest BCUT2D eigenvalue weighted by atomic mass is 10.2. The van der Waals surface area contributed by atoms with Gasteiger partial charge in [-0.1, -0.05) is 47.0 Å². The van der Waals surface area contributed by atoms with Crippen LogP contribution >= 0.6 is 23.2 Å². The molecule has 34 heavy (non-hydrogen) atoms. The summed E-state index contributed by atoms with van der Waals surface area (Å²) in [5.74, 6) is 0.0211. The van der Waals surface area contributed by atoms with E-state index in [-0.39, 0.29) is 16.3 Å². The van der Waals surface area contributed by atoms with Gasteiger partial charge in [-0.25, -0.2) is 8.42 Å². The number of aryl methyl sites for hydroxylation is 2. The molecule has 3 aromatic rings. The molecule has 0 fully saturated rings. The highest BCUT2D eigenvalue weighted by Gasteiger charge is 2.28. The number of rotatable bonds is 8. The number of amides is 1. The molecular weight excluding hydrogens is 499 g/mol. The third-order valence-electron chi connectivity index (χ3n) is 5.09. The molecule has 3 rings (SSSR count). The van der Waals surface area contributed by atoms with Gasteiger partial charge in [0.15, 0.2) is 0 Å². The first-order valence-corrected chi connectivity index (χ1v) is 12.3. The number of nitrogens with zero attached hydrogens (tertiary/aromatic N) is 1. The van der Waals surface area contributed by atoms with Crippen LogP contribution in [0.1, 0.15) is 11.1 Å². The molecule has 7 nitrogen and oxygen atoms in total. The van der Waals surface area contributed by atoms with Gasteiger partial charge in [0, 0.05) is 17.2 Å². The van der Waals surface area contributed by atoms with Crippen molar-refractivity contribution in [3.63, 3.8) is 0 Å². The van der Waals surface area contributed by atoms with E-state index in [0.29, 0.717) is 21.5 Å². The van der Waals surface area contributed by atoms with Gasteiger partial charge in [0.25, 0.3) is 10.0 Å². The van der Waals surface area contributed by atoms with Crippen molar-refractivity contribution in [3.05, 3.63) is 75.8 Å². The first-order chi connectivity index (χ1) is 16.1. The van der Waals surface area contributed by atoms with Crippen LogP contribution in [-0.2, 0) is 14.8 Å². The van der Waals surface area contributed by atoms with Crippen molar-refractivity contribution < 1.29 is 22.7 Å². The third kappa shape index (κ3) is 5.58. The lowest BCUT2D eigenvalue weighted by molar-refractivity contribution is -0.114. The summed E-state index contributed by atoms with van der Waals surface area (Å²) >= 11 is 12.4. The molecule has 0 spiro atoms. The van der Waals surface area contributed by atoms with E-state index in [0.717, 1.165) is 15.4 Å². The zero-order chi connectivity index (χ0) is 25.0. The molecule has 0 aliphatic carbocycles. The molecule has 0 atom stereocenters. The molecule has 0 bridgehead atoms. The first-order valence-electron chi connectivity index (χ1n) is 10.1. The van der Waals surface area contributed by atoms with Gasteiger partial charge in [-0.2, -0.15) is 0 Å². The van der Waals surface area contributed by atoms with Gasteiger partial charge < -0.3 is 14.8 Å². The average Bonchev–Trinajstić information content (AvgIpc) is 2.80. The Labute approximate surface area is 209 Å². The Morgan fingerprint density at radius 2 is 1.56 bits per heavy atom. The number of ether oxygens (including phenoxy) is 2. The number of hydrogen-bond donors (Lipinski definition) is 1. The molecule has 0 heterocycles. The predicted molar refractivity (Wildman–Crippen MR) is 135 cm³/mol. The molecule has 1 amide bonds. The van der Waals surface area contributed by atoms with E-state index in [1.54, 1.807) is 31.2 Å². The summed E-state index contributed by atoms with van der Waals surface area (Å²) in [6.07, 6.45) is 0. The third-order valence-corrected chi connectivity index (χ3v) is 7.58. The van der Waals surface area contributed by atoms with Crippen LogP contribution in [0.2, 0.25) is 10.0 Å². The quantitative estimate of drug-likeness (QED) is 0.424. The number of benzene rings is 3. The van der Waals surface area contributed by atoms with Gasteiger partial charge in [-0.3, -0.25) is 9.10 Å². The van der Waals surface area contributed by atoms with E-state index in [9.17, 15) is 13.2 Å². The minimum atomic E-state index is -4.09. The van der Waals surface area contributed by atoms with Crippen molar-refractivity contribution in [1.82, 2.24) is 0 Å². The van der Waals surface area contributed by atoms with Crippen LogP contribution < -0.4 is 19.1 Å². The maximum absolute atomic E-state index is 13.5. The summed E-state index contributed by atoms with van der Waals surface area (Å²) in [6.45, 7) is 3.15. The van der Waals surface area contributed by atoms with Crippen molar-refractivity contribution >= 4 is 50.5 Å². The number of carbonyl (C=O) groups is 1. The molecule has 1 N–H and O–H groups in total. The summed E-state index contributed by atoms with van der Waals surface area (Å²) < 4.78 is 38.6. The Morgan fingerprint density at radius 3 is 2.15 bits per heavy atom. The summed E-state index contributed by atoms with van der Waals surface area (Å²) in [6, 6.07) is 14.2. The zero-order valence-corrected chi connectivity index (χ0v) is 21.4. The number of sulfonamides is 1. The Balaban J connectivity index is 2.00. The number of halogens is 2. The standard InChI is InChI=1S/C24H24Cl2N2O5S/c1-15-5-9-18(10-6-15)34(30,31)28(17-8-7-16(2)19(25)11-17)14-24(29)27-21-13-22(32-3)20(26)12-23(21)33-4/h5-13H,14H2,1-4H3,(H,27,29).